The Kier molecular flexibility index (Phi) is 6.47. The number of piperazine rings is 1. The van der Waals surface area contributed by atoms with Gasteiger partial charge < -0.3 is 5.32 Å². The number of benzene rings is 2. The molecule has 1 amide bonds. The van der Waals surface area contributed by atoms with Crippen LogP contribution >= 0.6 is 11.6 Å². The normalized spacial score (nSPS) is 15.7. The van der Waals surface area contributed by atoms with E-state index in [4.69, 9.17) is 11.6 Å². The van der Waals surface area contributed by atoms with Gasteiger partial charge in [-0.15, -0.1) is 0 Å². The molecule has 0 unspecified atom stereocenters. The van der Waals surface area contributed by atoms with Crippen LogP contribution in [0.15, 0.2) is 36.4 Å². The number of carbonyl (C=O) groups excluding carboxylic acids is 1. The number of nitrogens with one attached hydrogen (secondary N) is 1. The van der Waals surface area contributed by atoms with E-state index in [-0.39, 0.29) is 11.7 Å². The van der Waals surface area contributed by atoms with Crippen LogP contribution in [0.1, 0.15) is 16.7 Å². The molecule has 1 saturated heterocycles. The minimum Gasteiger partial charge on any atom is -0.325 e. The summed E-state index contributed by atoms with van der Waals surface area (Å²) in [7, 11) is 0. The Hall–Kier alpha value is -1.95. The van der Waals surface area contributed by atoms with E-state index in [1.54, 1.807) is 12.1 Å². The van der Waals surface area contributed by atoms with E-state index in [9.17, 15) is 9.18 Å². The molecule has 0 aromatic heterocycles. The third-order valence-electron chi connectivity index (χ3n) is 4.93. The number of amides is 1. The molecule has 1 fully saturated rings. The van der Waals surface area contributed by atoms with E-state index in [1.165, 1.54) is 11.6 Å². The molecule has 0 spiro atoms. The number of carbonyl (C=O) groups is 1. The van der Waals surface area contributed by atoms with E-state index >= 15 is 0 Å². The highest BCUT2D eigenvalue weighted by Crippen LogP contribution is 2.21. The molecule has 0 atom stereocenters. The molecule has 2 aromatic rings. The molecule has 3 rings (SSSR count). The van der Waals surface area contributed by atoms with Crippen LogP contribution in [0, 0.1) is 19.7 Å². The van der Waals surface area contributed by atoms with E-state index in [0.29, 0.717) is 23.7 Å². The second-order valence-electron chi connectivity index (χ2n) is 7.12. The predicted octanol–water partition coefficient (Wildman–Crippen LogP) is 3.85. The summed E-state index contributed by atoms with van der Waals surface area (Å²) < 4.78 is 13.9. The molecule has 2 aromatic carbocycles. The van der Waals surface area contributed by atoms with Crippen molar-refractivity contribution in [2.24, 2.45) is 0 Å². The molecular formula is C21H25ClFN3O. The first-order valence-corrected chi connectivity index (χ1v) is 9.55. The monoisotopic (exact) mass is 389 g/mol. The number of aryl methyl sites for hydroxylation is 2. The molecule has 27 heavy (non-hydrogen) atoms. The van der Waals surface area contributed by atoms with Crippen molar-refractivity contribution in [1.29, 1.82) is 0 Å². The average Bonchev–Trinajstić information content (AvgIpc) is 2.62. The third-order valence-corrected chi connectivity index (χ3v) is 5.29. The van der Waals surface area contributed by atoms with Gasteiger partial charge in [-0.25, -0.2) is 4.39 Å². The van der Waals surface area contributed by atoms with E-state index in [0.717, 1.165) is 37.4 Å². The highest BCUT2D eigenvalue weighted by Gasteiger charge is 2.21. The van der Waals surface area contributed by atoms with Crippen molar-refractivity contribution in [2.75, 3.05) is 38.0 Å². The molecule has 0 aliphatic carbocycles. The van der Waals surface area contributed by atoms with E-state index in [1.807, 2.05) is 26.0 Å². The summed E-state index contributed by atoms with van der Waals surface area (Å²) in [4.78, 5) is 16.6. The van der Waals surface area contributed by atoms with Gasteiger partial charge in [0.1, 0.15) is 5.82 Å². The van der Waals surface area contributed by atoms with Crippen molar-refractivity contribution in [1.82, 2.24) is 9.80 Å². The van der Waals surface area contributed by atoms with Crippen LogP contribution in [0.25, 0.3) is 0 Å². The second kappa shape index (κ2) is 8.83. The number of hydrogen-bond acceptors (Lipinski definition) is 3. The maximum atomic E-state index is 13.9. The standard InChI is InChI=1S/C21H25ClFN3O/c1-15-6-7-20(16(2)12-15)24-21(27)14-26-10-8-25(9-11-26)13-17-18(22)4-3-5-19(17)23/h3-7,12H,8-11,13-14H2,1-2H3,(H,24,27). The van der Waals surface area contributed by atoms with Crippen molar-refractivity contribution in [3.63, 3.8) is 0 Å². The fraction of sp³-hybridized carbons (Fsp3) is 0.381. The first kappa shape index (κ1) is 19.8. The summed E-state index contributed by atoms with van der Waals surface area (Å²) in [6, 6.07) is 10.8. The van der Waals surface area contributed by atoms with Gasteiger partial charge >= 0.3 is 0 Å². The Bertz CT molecular complexity index is 799. The Morgan fingerprint density at radius 3 is 2.48 bits per heavy atom. The molecule has 0 saturated carbocycles. The largest absolute Gasteiger partial charge is 0.325 e. The lowest BCUT2D eigenvalue weighted by molar-refractivity contribution is -0.117. The van der Waals surface area contributed by atoms with E-state index < -0.39 is 0 Å². The zero-order valence-electron chi connectivity index (χ0n) is 15.8. The molecule has 1 N–H and O–H groups in total. The summed E-state index contributed by atoms with van der Waals surface area (Å²) in [6.45, 7) is 7.99. The van der Waals surface area contributed by atoms with Gasteiger partial charge in [-0.1, -0.05) is 35.4 Å². The molecule has 144 valence electrons. The van der Waals surface area contributed by atoms with Crippen LogP contribution in [0.3, 0.4) is 0 Å². The van der Waals surface area contributed by atoms with Crippen molar-refractivity contribution in [3.05, 3.63) is 63.9 Å². The van der Waals surface area contributed by atoms with Crippen LogP contribution in [0.4, 0.5) is 10.1 Å². The maximum Gasteiger partial charge on any atom is 0.238 e. The lowest BCUT2D eigenvalue weighted by atomic mass is 10.1. The third kappa shape index (κ3) is 5.28. The Labute approximate surface area is 164 Å². The highest BCUT2D eigenvalue weighted by molar-refractivity contribution is 6.31. The molecule has 0 bridgehead atoms. The van der Waals surface area contributed by atoms with Gasteiger partial charge in [0.05, 0.1) is 6.54 Å². The maximum absolute atomic E-state index is 13.9. The van der Waals surface area contributed by atoms with Crippen LogP contribution in [0.2, 0.25) is 5.02 Å². The van der Waals surface area contributed by atoms with Gasteiger partial charge in [-0.05, 0) is 37.6 Å². The van der Waals surface area contributed by atoms with Gasteiger partial charge in [0, 0.05) is 49.0 Å². The molecule has 4 nitrogen and oxygen atoms in total. The van der Waals surface area contributed by atoms with Crippen LogP contribution in [-0.2, 0) is 11.3 Å². The number of anilines is 1. The van der Waals surface area contributed by atoms with Crippen LogP contribution in [-0.4, -0.2) is 48.4 Å². The molecule has 6 heteroatoms. The van der Waals surface area contributed by atoms with E-state index in [2.05, 4.69) is 21.2 Å². The number of hydrogen-bond donors (Lipinski definition) is 1. The number of nitrogens with zero attached hydrogens (tertiary/aromatic N) is 2. The Morgan fingerprint density at radius 2 is 1.81 bits per heavy atom. The quantitative estimate of drug-likeness (QED) is 0.843. The molecule has 1 aliphatic rings. The Morgan fingerprint density at radius 1 is 1.11 bits per heavy atom. The fourth-order valence-electron chi connectivity index (χ4n) is 3.36. The summed E-state index contributed by atoms with van der Waals surface area (Å²) in [5.41, 5.74) is 3.64. The first-order chi connectivity index (χ1) is 12.9. The van der Waals surface area contributed by atoms with Gasteiger partial charge in [0.2, 0.25) is 5.91 Å². The number of halogens is 2. The zero-order valence-corrected chi connectivity index (χ0v) is 16.5. The van der Waals surface area contributed by atoms with Gasteiger partial charge in [-0.2, -0.15) is 0 Å². The summed E-state index contributed by atoms with van der Waals surface area (Å²) in [5, 5.41) is 3.45. The van der Waals surface area contributed by atoms with Crippen molar-refractivity contribution < 1.29 is 9.18 Å². The van der Waals surface area contributed by atoms with Crippen molar-refractivity contribution in [3.8, 4) is 0 Å². The van der Waals surface area contributed by atoms with Gasteiger partial charge in [0.15, 0.2) is 0 Å². The minimum atomic E-state index is -0.266. The highest BCUT2D eigenvalue weighted by atomic mass is 35.5. The SMILES string of the molecule is Cc1ccc(NC(=O)CN2CCN(Cc3c(F)cccc3Cl)CC2)c(C)c1. The lowest BCUT2D eigenvalue weighted by Gasteiger charge is -2.34. The van der Waals surface area contributed by atoms with Crippen molar-refractivity contribution >= 4 is 23.2 Å². The molecular weight excluding hydrogens is 365 g/mol. The van der Waals surface area contributed by atoms with Gasteiger partial charge in [-0.3, -0.25) is 14.6 Å². The van der Waals surface area contributed by atoms with Crippen LogP contribution in [0.5, 0.6) is 0 Å². The second-order valence-corrected chi connectivity index (χ2v) is 7.53. The predicted molar refractivity (Wildman–Crippen MR) is 108 cm³/mol. The topological polar surface area (TPSA) is 35.6 Å². The molecule has 1 aliphatic heterocycles. The molecule has 0 radical (unpaired) electrons. The van der Waals surface area contributed by atoms with Gasteiger partial charge in [0.25, 0.3) is 0 Å². The summed E-state index contributed by atoms with van der Waals surface area (Å²) in [6.07, 6.45) is 0. The zero-order chi connectivity index (χ0) is 19.4. The number of rotatable bonds is 5. The first-order valence-electron chi connectivity index (χ1n) is 9.17. The fourth-order valence-corrected chi connectivity index (χ4v) is 3.58. The summed E-state index contributed by atoms with van der Waals surface area (Å²) >= 11 is 6.12. The molecule has 1 heterocycles. The lowest BCUT2D eigenvalue weighted by Crippen LogP contribution is -2.48. The van der Waals surface area contributed by atoms with Crippen molar-refractivity contribution in [2.45, 2.75) is 20.4 Å². The smallest absolute Gasteiger partial charge is 0.238 e. The van der Waals surface area contributed by atoms with Crippen LogP contribution < -0.4 is 5.32 Å². The average molecular weight is 390 g/mol. The summed E-state index contributed by atoms with van der Waals surface area (Å²) in [5.74, 6) is -0.273. The Balaban J connectivity index is 1.48. The minimum absolute atomic E-state index is 0.00690.